The number of aryl methyl sites for hydroxylation is 3. The van der Waals surface area contributed by atoms with E-state index in [9.17, 15) is 0 Å². The molecule has 0 bridgehead atoms. The smallest absolute Gasteiger partial charge is 0.133 e. The lowest BCUT2D eigenvalue weighted by Gasteiger charge is -2.20. The summed E-state index contributed by atoms with van der Waals surface area (Å²) < 4.78 is 0. The number of benzene rings is 1. The van der Waals surface area contributed by atoms with Crippen molar-refractivity contribution in [2.45, 2.75) is 20.8 Å². The van der Waals surface area contributed by atoms with E-state index < -0.39 is 0 Å². The molecule has 0 aliphatic carbocycles. The average molecular weight is 241 g/mol. The first kappa shape index (κ1) is 12.4. The summed E-state index contributed by atoms with van der Waals surface area (Å²) in [5, 5.41) is 0. The molecule has 1 heterocycles. The second-order valence-corrected chi connectivity index (χ2v) is 4.75. The first-order chi connectivity index (χ1) is 8.47. The molecule has 2 N–H and O–H groups in total. The Morgan fingerprint density at radius 3 is 2.17 bits per heavy atom. The fourth-order valence-electron chi connectivity index (χ4n) is 2.02. The molecule has 1 aromatic carbocycles. The zero-order valence-electron chi connectivity index (χ0n) is 11.4. The van der Waals surface area contributed by atoms with Gasteiger partial charge in [-0.1, -0.05) is 6.07 Å². The molecular weight excluding hydrogens is 222 g/mol. The fourth-order valence-corrected chi connectivity index (χ4v) is 2.02. The van der Waals surface area contributed by atoms with Crippen LogP contribution in [0.1, 0.15) is 16.8 Å². The van der Waals surface area contributed by atoms with E-state index in [0.717, 1.165) is 22.9 Å². The minimum atomic E-state index is 0.729. The largest absolute Gasteiger partial charge is 0.397 e. The molecule has 0 amide bonds. The summed E-state index contributed by atoms with van der Waals surface area (Å²) >= 11 is 0. The maximum atomic E-state index is 5.79. The Balaban J connectivity index is 2.40. The summed E-state index contributed by atoms with van der Waals surface area (Å²) in [6.45, 7) is 6.13. The van der Waals surface area contributed by atoms with Crippen molar-refractivity contribution in [3.8, 4) is 0 Å². The number of nitrogens with zero attached hydrogens (tertiary/aromatic N) is 2. The van der Waals surface area contributed by atoms with Crippen molar-refractivity contribution < 1.29 is 0 Å². The van der Waals surface area contributed by atoms with E-state index in [0.29, 0.717) is 0 Å². The van der Waals surface area contributed by atoms with Crippen molar-refractivity contribution in [2.24, 2.45) is 0 Å². The molecule has 0 radical (unpaired) electrons. The van der Waals surface area contributed by atoms with Crippen LogP contribution in [0.5, 0.6) is 0 Å². The van der Waals surface area contributed by atoms with Crippen LogP contribution in [0, 0.1) is 20.8 Å². The summed E-state index contributed by atoms with van der Waals surface area (Å²) in [7, 11) is 2.02. The van der Waals surface area contributed by atoms with Gasteiger partial charge in [0.2, 0.25) is 0 Å². The topological polar surface area (TPSA) is 42.1 Å². The van der Waals surface area contributed by atoms with Gasteiger partial charge in [0.05, 0.1) is 11.4 Å². The van der Waals surface area contributed by atoms with Crippen molar-refractivity contribution in [3.05, 3.63) is 47.2 Å². The molecule has 94 valence electrons. The maximum absolute atomic E-state index is 5.79. The maximum Gasteiger partial charge on any atom is 0.133 e. The van der Waals surface area contributed by atoms with Crippen molar-refractivity contribution in [1.29, 1.82) is 0 Å². The van der Waals surface area contributed by atoms with E-state index in [2.05, 4.69) is 41.9 Å². The van der Waals surface area contributed by atoms with Crippen LogP contribution in [0.4, 0.5) is 17.2 Å². The third kappa shape index (κ3) is 2.45. The van der Waals surface area contributed by atoms with Crippen molar-refractivity contribution in [3.63, 3.8) is 0 Å². The number of hydrogen-bond donors (Lipinski definition) is 1. The molecule has 0 aliphatic heterocycles. The highest BCUT2D eigenvalue weighted by Crippen LogP contribution is 2.25. The van der Waals surface area contributed by atoms with E-state index in [1.807, 2.05) is 26.1 Å². The monoisotopic (exact) mass is 241 g/mol. The first-order valence-electron chi connectivity index (χ1n) is 6.02. The number of nitrogen functional groups attached to an aromatic ring is 1. The molecule has 0 spiro atoms. The predicted octanol–water partition coefficient (Wildman–Crippen LogP) is 3.36. The predicted molar refractivity (Wildman–Crippen MR) is 77.4 cm³/mol. The average Bonchev–Trinajstić information content (AvgIpc) is 2.30. The van der Waals surface area contributed by atoms with E-state index >= 15 is 0 Å². The zero-order valence-corrected chi connectivity index (χ0v) is 11.4. The van der Waals surface area contributed by atoms with Gasteiger partial charge in [0.1, 0.15) is 5.82 Å². The highest BCUT2D eigenvalue weighted by atomic mass is 15.2. The Morgan fingerprint density at radius 2 is 1.61 bits per heavy atom. The Labute approximate surface area is 108 Å². The third-order valence-electron chi connectivity index (χ3n) is 3.05. The van der Waals surface area contributed by atoms with Crippen molar-refractivity contribution >= 4 is 17.2 Å². The van der Waals surface area contributed by atoms with Crippen LogP contribution in [-0.2, 0) is 0 Å². The Kier molecular flexibility index (Phi) is 3.24. The Morgan fingerprint density at radius 1 is 1.00 bits per heavy atom. The van der Waals surface area contributed by atoms with Gasteiger partial charge in [-0.05, 0) is 56.2 Å². The lowest BCUT2D eigenvalue weighted by Crippen LogP contribution is -2.12. The summed E-state index contributed by atoms with van der Waals surface area (Å²) in [6.07, 6.45) is 0. The number of pyridine rings is 1. The van der Waals surface area contributed by atoms with E-state index in [-0.39, 0.29) is 0 Å². The molecule has 2 rings (SSSR count). The van der Waals surface area contributed by atoms with Gasteiger partial charge in [-0.3, -0.25) is 0 Å². The van der Waals surface area contributed by atoms with Gasteiger partial charge in [-0.25, -0.2) is 4.98 Å². The molecule has 0 saturated heterocycles. The molecule has 0 saturated carbocycles. The second kappa shape index (κ2) is 4.69. The van der Waals surface area contributed by atoms with E-state index in [4.69, 9.17) is 5.73 Å². The second-order valence-electron chi connectivity index (χ2n) is 4.75. The van der Waals surface area contributed by atoms with Crippen LogP contribution in [0.2, 0.25) is 0 Å². The standard InChI is InChI=1S/C15H19N3/c1-10-7-11(2)9-13(8-10)18(4)15-6-5-14(16)12(3)17-15/h5-9H,16H2,1-4H3. The molecule has 2 aromatic rings. The van der Waals surface area contributed by atoms with Gasteiger partial charge >= 0.3 is 0 Å². The van der Waals surface area contributed by atoms with Gasteiger partial charge in [-0.2, -0.15) is 0 Å². The molecule has 0 aliphatic rings. The summed E-state index contributed by atoms with van der Waals surface area (Å²) in [5.74, 6) is 0.909. The highest BCUT2D eigenvalue weighted by molar-refractivity contribution is 5.62. The molecule has 18 heavy (non-hydrogen) atoms. The van der Waals surface area contributed by atoms with Gasteiger partial charge in [-0.15, -0.1) is 0 Å². The van der Waals surface area contributed by atoms with Crippen LogP contribution in [-0.4, -0.2) is 12.0 Å². The third-order valence-corrected chi connectivity index (χ3v) is 3.05. The quantitative estimate of drug-likeness (QED) is 0.876. The van der Waals surface area contributed by atoms with Crippen molar-refractivity contribution in [1.82, 2.24) is 4.98 Å². The highest BCUT2D eigenvalue weighted by Gasteiger charge is 2.07. The summed E-state index contributed by atoms with van der Waals surface area (Å²) in [5.41, 5.74) is 11.0. The molecule has 0 atom stereocenters. The number of anilines is 3. The number of nitrogens with two attached hydrogens (primary N) is 1. The molecular formula is C15H19N3. The molecule has 3 heteroatoms. The lowest BCUT2D eigenvalue weighted by molar-refractivity contribution is 1.09. The Hall–Kier alpha value is -2.03. The first-order valence-corrected chi connectivity index (χ1v) is 6.02. The normalized spacial score (nSPS) is 10.4. The minimum absolute atomic E-state index is 0.729. The number of rotatable bonds is 2. The zero-order chi connectivity index (χ0) is 13.3. The van der Waals surface area contributed by atoms with Crippen LogP contribution < -0.4 is 10.6 Å². The van der Waals surface area contributed by atoms with E-state index in [1.54, 1.807) is 0 Å². The van der Waals surface area contributed by atoms with Gasteiger partial charge in [0.25, 0.3) is 0 Å². The molecule has 3 nitrogen and oxygen atoms in total. The van der Waals surface area contributed by atoms with Crippen LogP contribution in [0.3, 0.4) is 0 Å². The molecule has 0 fully saturated rings. The van der Waals surface area contributed by atoms with Crippen molar-refractivity contribution in [2.75, 3.05) is 17.7 Å². The van der Waals surface area contributed by atoms with Crippen LogP contribution in [0.15, 0.2) is 30.3 Å². The van der Waals surface area contributed by atoms with E-state index in [1.165, 1.54) is 11.1 Å². The lowest BCUT2D eigenvalue weighted by atomic mass is 10.1. The minimum Gasteiger partial charge on any atom is -0.397 e. The fraction of sp³-hybridized carbons (Fsp3) is 0.267. The Bertz CT molecular complexity index is 556. The van der Waals surface area contributed by atoms with Crippen LogP contribution in [0.25, 0.3) is 0 Å². The molecule has 1 aromatic heterocycles. The van der Waals surface area contributed by atoms with Gasteiger partial charge in [0.15, 0.2) is 0 Å². The van der Waals surface area contributed by atoms with Gasteiger partial charge in [0, 0.05) is 12.7 Å². The summed E-state index contributed by atoms with van der Waals surface area (Å²) in [6, 6.07) is 10.3. The van der Waals surface area contributed by atoms with Crippen LogP contribution >= 0.6 is 0 Å². The number of hydrogen-bond acceptors (Lipinski definition) is 3. The molecule has 0 unspecified atom stereocenters. The van der Waals surface area contributed by atoms with Gasteiger partial charge < -0.3 is 10.6 Å². The summed E-state index contributed by atoms with van der Waals surface area (Å²) in [4.78, 5) is 6.59. The number of aromatic nitrogens is 1. The SMILES string of the molecule is Cc1cc(C)cc(N(C)c2ccc(N)c(C)n2)c1.